The summed E-state index contributed by atoms with van der Waals surface area (Å²) in [5.41, 5.74) is 6.31. The number of hydrogen-bond acceptors (Lipinski definition) is 2. The summed E-state index contributed by atoms with van der Waals surface area (Å²) in [4.78, 5) is 4.22. The molecule has 0 saturated heterocycles. The van der Waals surface area contributed by atoms with Crippen LogP contribution in [0.5, 0.6) is 5.75 Å². The van der Waals surface area contributed by atoms with Gasteiger partial charge in [-0.15, -0.1) is 0 Å². The van der Waals surface area contributed by atoms with E-state index in [1.54, 1.807) is 6.07 Å². The molecule has 0 radical (unpaired) electrons. The lowest BCUT2D eigenvalue weighted by atomic mass is 10.3. The smallest absolute Gasteiger partial charge is 0.193 e. The van der Waals surface area contributed by atoms with Gasteiger partial charge in [-0.05, 0) is 25.0 Å². The van der Waals surface area contributed by atoms with Crippen molar-refractivity contribution in [3.05, 3.63) is 24.0 Å². The van der Waals surface area contributed by atoms with Crippen LogP contribution in [0.1, 0.15) is 12.8 Å². The van der Waals surface area contributed by atoms with E-state index in [1.165, 1.54) is 19.2 Å². The first-order valence-corrected chi connectivity index (χ1v) is 5.13. The molecule has 1 aliphatic rings. The number of hydrogen-bond donors (Lipinski definition) is 2. The number of methoxy groups -OCH3 is 1. The molecule has 0 spiro atoms. The van der Waals surface area contributed by atoms with Crippen LogP contribution in [0.2, 0.25) is 0 Å². The van der Waals surface area contributed by atoms with Gasteiger partial charge in [0.05, 0.1) is 18.8 Å². The summed E-state index contributed by atoms with van der Waals surface area (Å²) >= 11 is 0. The standard InChI is InChI=1S/C11H14FN3O/c1-16-10-6-7(12)2-5-9(10)15-11(13)14-8-3-4-8/h2,5-6,8H,3-4H2,1H3,(H3,13,14,15). The van der Waals surface area contributed by atoms with Crippen LogP contribution in [-0.4, -0.2) is 19.1 Å². The van der Waals surface area contributed by atoms with Gasteiger partial charge in [0.2, 0.25) is 0 Å². The van der Waals surface area contributed by atoms with Crippen molar-refractivity contribution in [2.24, 2.45) is 10.7 Å². The third-order valence-corrected chi connectivity index (χ3v) is 2.29. The van der Waals surface area contributed by atoms with Crippen LogP contribution in [0, 0.1) is 5.82 Å². The van der Waals surface area contributed by atoms with Crippen molar-refractivity contribution in [1.82, 2.24) is 0 Å². The highest BCUT2D eigenvalue weighted by Gasteiger charge is 2.20. The third kappa shape index (κ3) is 2.62. The molecule has 4 nitrogen and oxygen atoms in total. The number of nitrogens with one attached hydrogen (secondary N) is 1. The van der Waals surface area contributed by atoms with Gasteiger partial charge < -0.3 is 15.8 Å². The summed E-state index contributed by atoms with van der Waals surface area (Å²) in [6, 6.07) is 4.56. The number of anilines is 1. The number of ether oxygens (including phenoxy) is 1. The van der Waals surface area contributed by atoms with E-state index in [4.69, 9.17) is 10.5 Å². The van der Waals surface area contributed by atoms with Gasteiger partial charge in [0.25, 0.3) is 0 Å². The van der Waals surface area contributed by atoms with Crippen LogP contribution in [0.3, 0.4) is 0 Å². The fourth-order valence-corrected chi connectivity index (χ4v) is 1.34. The number of nitrogens with zero attached hydrogens (tertiary/aromatic N) is 1. The summed E-state index contributed by atoms with van der Waals surface area (Å²) in [6.07, 6.45) is 2.17. The summed E-state index contributed by atoms with van der Waals surface area (Å²) < 4.78 is 18.0. The minimum absolute atomic E-state index is 0.340. The van der Waals surface area contributed by atoms with Gasteiger partial charge in [0.1, 0.15) is 11.6 Å². The average molecular weight is 223 g/mol. The zero-order valence-electron chi connectivity index (χ0n) is 9.03. The van der Waals surface area contributed by atoms with Crippen LogP contribution in [0.4, 0.5) is 10.1 Å². The number of benzene rings is 1. The molecule has 0 amide bonds. The predicted octanol–water partition coefficient (Wildman–Crippen LogP) is 1.72. The van der Waals surface area contributed by atoms with Crippen molar-refractivity contribution in [2.75, 3.05) is 12.4 Å². The van der Waals surface area contributed by atoms with Crippen molar-refractivity contribution in [3.8, 4) is 5.75 Å². The minimum atomic E-state index is -0.347. The highest BCUT2D eigenvalue weighted by molar-refractivity contribution is 5.93. The maximum Gasteiger partial charge on any atom is 0.193 e. The first-order valence-electron chi connectivity index (χ1n) is 5.13. The summed E-state index contributed by atoms with van der Waals surface area (Å²) in [6.45, 7) is 0. The van der Waals surface area contributed by atoms with E-state index in [-0.39, 0.29) is 5.82 Å². The molecule has 3 N–H and O–H groups in total. The quantitative estimate of drug-likeness (QED) is 0.606. The second kappa shape index (κ2) is 4.38. The largest absolute Gasteiger partial charge is 0.494 e. The van der Waals surface area contributed by atoms with Gasteiger partial charge in [-0.3, -0.25) is 0 Å². The maximum atomic E-state index is 12.9. The van der Waals surface area contributed by atoms with E-state index < -0.39 is 0 Å². The van der Waals surface area contributed by atoms with Crippen molar-refractivity contribution < 1.29 is 9.13 Å². The summed E-state index contributed by atoms with van der Waals surface area (Å²) in [5.74, 6) is 0.404. The highest BCUT2D eigenvalue weighted by atomic mass is 19.1. The first-order chi connectivity index (χ1) is 7.69. The Labute approximate surface area is 93.3 Å². The molecule has 1 aromatic carbocycles. The van der Waals surface area contributed by atoms with E-state index in [1.807, 2.05) is 0 Å². The van der Waals surface area contributed by atoms with Crippen LogP contribution >= 0.6 is 0 Å². The lowest BCUT2D eigenvalue weighted by Crippen LogP contribution is -2.23. The Hall–Kier alpha value is -1.78. The van der Waals surface area contributed by atoms with Crippen LogP contribution < -0.4 is 15.8 Å². The molecule has 1 aliphatic carbocycles. The Morgan fingerprint density at radius 3 is 2.94 bits per heavy atom. The molecule has 0 unspecified atom stereocenters. The van der Waals surface area contributed by atoms with Crippen LogP contribution in [0.15, 0.2) is 23.2 Å². The Bertz CT molecular complexity index is 416. The van der Waals surface area contributed by atoms with Crippen molar-refractivity contribution >= 4 is 11.6 Å². The van der Waals surface area contributed by atoms with Crippen molar-refractivity contribution in [1.29, 1.82) is 0 Å². The number of rotatable bonds is 3. The number of halogens is 1. The second-order valence-electron chi connectivity index (χ2n) is 3.72. The number of guanidine groups is 1. The zero-order chi connectivity index (χ0) is 11.5. The molecule has 86 valence electrons. The molecule has 16 heavy (non-hydrogen) atoms. The van der Waals surface area contributed by atoms with Crippen LogP contribution in [0.25, 0.3) is 0 Å². The SMILES string of the molecule is COc1cc(F)ccc1NC(N)=NC1CC1. The van der Waals surface area contributed by atoms with Gasteiger partial charge >= 0.3 is 0 Å². The molecule has 0 atom stereocenters. The zero-order valence-corrected chi connectivity index (χ0v) is 9.03. The fourth-order valence-electron chi connectivity index (χ4n) is 1.34. The lowest BCUT2D eigenvalue weighted by molar-refractivity contribution is 0.413. The molecular formula is C11H14FN3O. The summed E-state index contributed by atoms with van der Waals surface area (Å²) in [5, 5.41) is 2.90. The Morgan fingerprint density at radius 2 is 2.31 bits per heavy atom. The van der Waals surface area contributed by atoms with E-state index >= 15 is 0 Å². The van der Waals surface area contributed by atoms with Gasteiger partial charge in [-0.25, -0.2) is 9.38 Å². The topological polar surface area (TPSA) is 59.6 Å². The first kappa shape index (κ1) is 10.7. The van der Waals surface area contributed by atoms with Crippen molar-refractivity contribution in [2.45, 2.75) is 18.9 Å². The monoisotopic (exact) mass is 223 g/mol. The minimum Gasteiger partial charge on any atom is -0.494 e. The predicted molar refractivity (Wildman–Crippen MR) is 61.2 cm³/mol. The van der Waals surface area contributed by atoms with Gasteiger partial charge in [-0.1, -0.05) is 0 Å². The van der Waals surface area contributed by atoms with Gasteiger partial charge in [-0.2, -0.15) is 0 Å². The molecule has 1 aromatic rings. The van der Waals surface area contributed by atoms with Crippen LogP contribution in [-0.2, 0) is 0 Å². The second-order valence-corrected chi connectivity index (χ2v) is 3.72. The molecule has 0 heterocycles. The molecule has 0 aliphatic heterocycles. The molecule has 0 bridgehead atoms. The Balaban J connectivity index is 2.13. The molecule has 0 aromatic heterocycles. The number of aliphatic imine (C=N–C) groups is 1. The molecule has 5 heteroatoms. The average Bonchev–Trinajstić information content (AvgIpc) is 3.04. The normalized spacial score (nSPS) is 16.0. The molecular weight excluding hydrogens is 209 g/mol. The van der Waals surface area contributed by atoms with Gasteiger partial charge in [0.15, 0.2) is 5.96 Å². The molecule has 2 rings (SSSR count). The van der Waals surface area contributed by atoms with Crippen molar-refractivity contribution in [3.63, 3.8) is 0 Å². The lowest BCUT2D eigenvalue weighted by Gasteiger charge is -2.10. The van der Waals surface area contributed by atoms with Gasteiger partial charge in [0, 0.05) is 6.07 Å². The molecule has 1 saturated carbocycles. The fraction of sp³-hybridized carbons (Fsp3) is 0.364. The van der Waals surface area contributed by atoms with E-state index in [2.05, 4.69) is 10.3 Å². The summed E-state index contributed by atoms with van der Waals surface area (Å²) in [7, 11) is 1.48. The Morgan fingerprint density at radius 1 is 1.56 bits per heavy atom. The number of nitrogens with two attached hydrogens (primary N) is 1. The van der Waals surface area contributed by atoms with E-state index in [0.29, 0.717) is 23.4 Å². The molecule has 1 fully saturated rings. The highest BCUT2D eigenvalue weighted by Crippen LogP contribution is 2.26. The maximum absolute atomic E-state index is 12.9. The van der Waals surface area contributed by atoms with E-state index in [9.17, 15) is 4.39 Å². The van der Waals surface area contributed by atoms with E-state index in [0.717, 1.165) is 12.8 Å². The third-order valence-electron chi connectivity index (χ3n) is 2.29. The Kier molecular flexibility index (Phi) is 2.94.